The highest BCUT2D eigenvalue weighted by Gasteiger charge is 2.56. The number of nitrogens with zero attached hydrogens (tertiary/aromatic N) is 2. The molecular formula is C29H34N2O6. The molecule has 8 nitrogen and oxygen atoms in total. The Kier molecular flexibility index (Phi) is 6.38. The molecule has 1 aliphatic carbocycles. The zero-order valence-electron chi connectivity index (χ0n) is 21.6. The highest BCUT2D eigenvalue weighted by molar-refractivity contribution is 5.80. The second-order valence-corrected chi connectivity index (χ2v) is 11.2. The molecule has 8 heteroatoms. The first-order chi connectivity index (χ1) is 17.6. The van der Waals surface area contributed by atoms with Crippen molar-refractivity contribution in [1.82, 2.24) is 9.80 Å². The predicted molar refractivity (Wildman–Crippen MR) is 137 cm³/mol. The lowest BCUT2D eigenvalue weighted by Gasteiger charge is -2.46. The van der Waals surface area contributed by atoms with Crippen LogP contribution in [0.1, 0.15) is 57.1 Å². The smallest absolute Gasteiger partial charge is 0.410 e. The van der Waals surface area contributed by atoms with E-state index in [2.05, 4.69) is 24.3 Å². The Morgan fingerprint density at radius 1 is 0.919 bits per heavy atom. The number of hydrogen-bond acceptors (Lipinski definition) is 5. The Labute approximate surface area is 217 Å². The summed E-state index contributed by atoms with van der Waals surface area (Å²) in [5, 5.41) is 10.00. The van der Waals surface area contributed by atoms with Crippen molar-refractivity contribution >= 4 is 18.2 Å². The summed E-state index contributed by atoms with van der Waals surface area (Å²) in [5.41, 5.74) is 3.06. The molecule has 2 amide bonds. The van der Waals surface area contributed by atoms with E-state index in [1.807, 2.05) is 45.0 Å². The molecule has 2 aromatic carbocycles. The van der Waals surface area contributed by atoms with Gasteiger partial charge in [-0.3, -0.25) is 4.79 Å². The maximum absolute atomic E-state index is 13.5. The van der Waals surface area contributed by atoms with Crippen molar-refractivity contribution < 1.29 is 29.0 Å². The average Bonchev–Trinajstić information content (AvgIpc) is 3.38. The van der Waals surface area contributed by atoms with E-state index < -0.39 is 35.2 Å². The molecule has 3 aliphatic rings. The summed E-state index contributed by atoms with van der Waals surface area (Å²) < 4.78 is 11.4. The molecule has 0 saturated carbocycles. The SMILES string of the molecule is CC(C)(C)OC(=O)N1CCC2(CC1)C(C(=O)O)CCN2C(=O)OCC1c2ccccc2-c2ccccc21. The molecule has 2 saturated heterocycles. The molecule has 2 aromatic rings. The van der Waals surface area contributed by atoms with Gasteiger partial charge in [0.1, 0.15) is 12.2 Å². The van der Waals surface area contributed by atoms with Gasteiger partial charge in [0.2, 0.25) is 0 Å². The van der Waals surface area contributed by atoms with Gasteiger partial charge in [-0.2, -0.15) is 0 Å². The molecule has 5 rings (SSSR count). The van der Waals surface area contributed by atoms with Gasteiger partial charge in [0, 0.05) is 25.6 Å². The molecule has 2 heterocycles. The van der Waals surface area contributed by atoms with Crippen molar-refractivity contribution in [1.29, 1.82) is 0 Å². The molecule has 2 fully saturated rings. The maximum Gasteiger partial charge on any atom is 0.410 e. The lowest BCUT2D eigenvalue weighted by atomic mass is 9.77. The monoisotopic (exact) mass is 506 g/mol. The number of fused-ring (bicyclic) bond motifs is 3. The summed E-state index contributed by atoms with van der Waals surface area (Å²) in [5.74, 6) is -1.69. The first-order valence-electron chi connectivity index (χ1n) is 12.9. The van der Waals surface area contributed by atoms with Crippen molar-refractivity contribution in [3.63, 3.8) is 0 Å². The quantitative estimate of drug-likeness (QED) is 0.621. The van der Waals surface area contributed by atoms with Crippen LogP contribution in [-0.2, 0) is 14.3 Å². The molecule has 0 bridgehead atoms. The molecule has 1 atom stereocenters. The maximum atomic E-state index is 13.5. The van der Waals surface area contributed by atoms with Crippen molar-refractivity contribution in [2.24, 2.45) is 5.92 Å². The zero-order chi connectivity index (χ0) is 26.4. The first-order valence-corrected chi connectivity index (χ1v) is 12.9. The van der Waals surface area contributed by atoms with Gasteiger partial charge in [-0.25, -0.2) is 9.59 Å². The van der Waals surface area contributed by atoms with E-state index in [0.717, 1.165) is 22.3 Å². The van der Waals surface area contributed by atoms with Crippen LogP contribution in [0.4, 0.5) is 9.59 Å². The van der Waals surface area contributed by atoms with E-state index in [4.69, 9.17) is 9.47 Å². The van der Waals surface area contributed by atoms with E-state index in [0.29, 0.717) is 38.9 Å². The number of piperidine rings is 1. The molecule has 1 spiro atoms. The van der Waals surface area contributed by atoms with Gasteiger partial charge in [-0.1, -0.05) is 48.5 Å². The number of benzene rings is 2. The number of likely N-dealkylation sites (tertiary alicyclic amines) is 2. The molecule has 37 heavy (non-hydrogen) atoms. The lowest BCUT2D eigenvalue weighted by Crippen LogP contribution is -2.59. The highest BCUT2D eigenvalue weighted by Crippen LogP contribution is 2.46. The van der Waals surface area contributed by atoms with Crippen LogP contribution >= 0.6 is 0 Å². The number of rotatable bonds is 3. The molecule has 2 aliphatic heterocycles. The number of ether oxygens (including phenoxy) is 2. The normalized spacial score (nSPS) is 20.5. The highest BCUT2D eigenvalue weighted by atomic mass is 16.6. The summed E-state index contributed by atoms with van der Waals surface area (Å²) in [6.45, 7) is 6.59. The Bertz CT molecular complexity index is 1170. The Hall–Kier alpha value is -3.55. The largest absolute Gasteiger partial charge is 0.481 e. The van der Waals surface area contributed by atoms with Gasteiger partial charge in [-0.15, -0.1) is 0 Å². The van der Waals surface area contributed by atoms with Crippen LogP contribution in [-0.4, -0.2) is 70.4 Å². The molecular weight excluding hydrogens is 472 g/mol. The summed E-state index contributed by atoms with van der Waals surface area (Å²) in [4.78, 5) is 41.5. The third-order valence-corrected chi connectivity index (χ3v) is 7.96. The fourth-order valence-electron chi connectivity index (χ4n) is 6.26. The molecule has 196 valence electrons. The minimum absolute atomic E-state index is 0.0702. The van der Waals surface area contributed by atoms with E-state index in [1.54, 1.807) is 9.80 Å². The van der Waals surface area contributed by atoms with Crippen molar-refractivity contribution in [2.45, 2.75) is 57.1 Å². The van der Waals surface area contributed by atoms with Crippen LogP contribution in [0.2, 0.25) is 0 Å². The van der Waals surface area contributed by atoms with Crippen LogP contribution in [0.5, 0.6) is 0 Å². The summed E-state index contributed by atoms with van der Waals surface area (Å²) in [6, 6.07) is 16.3. The van der Waals surface area contributed by atoms with Crippen molar-refractivity contribution in [3.8, 4) is 11.1 Å². The van der Waals surface area contributed by atoms with Crippen LogP contribution in [0.3, 0.4) is 0 Å². The van der Waals surface area contributed by atoms with Gasteiger partial charge in [0.25, 0.3) is 0 Å². The first kappa shape index (κ1) is 25.1. The summed E-state index contributed by atoms with van der Waals surface area (Å²) >= 11 is 0. The van der Waals surface area contributed by atoms with Crippen LogP contribution in [0.15, 0.2) is 48.5 Å². The number of carboxylic acids is 1. The topological polar surface area (TPSA) is 96.4 Å². The Morgan fingerprint density at radius 3 is 2.03 bits per heavy atom. The Balaban J connectivity index is 1.31. The van der Waals surface area contributed by atoms with E-state index >= 15 is 0 Å². The van der Waals surface area contributed by atoms with Gasteiger partial charge in [-0.05, 0) is 62.3 Å². The molecule has 0 radical (unpaired) electrons. The molecule has 0 aromatic heterocycles. The third kappa shape index (κ3) is 4.54. The second-order valence-electron chi connectivity index (χ2n) is 11.2. The zero-order valence-corrected chi connectivity index (χ0v) is 21.6. The van der Waals surface area contributed by atoms with Gasteiger partial charge < -0.3 is 24.4 Å². The predicted octanol–water partition coefficient (Wildman–Crippen LogP) is 5.11. The second kappa shape index (κ2) is 9.39. The molecule has 1 N–H and O–H groups in total. The average molecular weight is 507 g/mol. The number of hydrogen-bond donors (Lipinski definition) is 1. The van der Waals surface area contributed by atoms with Crippen molar-refractivity contribution in [2.75, 3.05) is 26.2 Å². The molecule has 1 unspecified atom stereocenters. The van der Waals surface area contributed by atoms with Crippen LogP contribution in [0.25, 0.3) is 11.1 Å². The van der Waals surface area contributed by atoms with Crippen LogP contribution in [0, 0.1) is 5.92 Å². The number of carbonyl (C=O) groups is 3. The van der Waals surface area contributed by atoms with E-state index in [1.165, 1.54) is 0 Å². The standard InChI is InChI=1S/C29H34N2O6/c1-28(2,3)37-26(34)30-16-13-29(14-17-30)24(25(32)33)12-15-31(29)27(35)36-18-23-21-10-6-4-8-19(21)20-9-5-7-11-22(20)23/h4-11,23-24H,12-18H2,1-3H3,(H,32,33). The van der Waals surface area contributed by atoms with Crippen molar-refractivity contribution in [3.05, 3.63) is 59.7 Å². The Morgan fingerprint density at radius 2 is 1.49 bits per heavy atom. The minimum atomic E-state index is -0.917. The van der Waals surface area contributed by atoms with Crippen LogP contribution < -0.4 is 0 Å². The number of carboxylic acid groups (broad SMARTS) is 1. The third-order valence-electron chi connectivity index (χ3n) is 7.96. The van der Waals surface area contributed by atoms with E-state index in [9.17, 15) is 19.5 Å². The van der Waals surface area contributed by atoms with Gasteiger partial charge in [0.05, 0.1) is 11.5 Å². The summed E-state index contributed by atoms with van der Waals surface area (Å²) in [6.07, 6.45) is 0.198. The minimum Gasteiger partial charge on any atom is -0.481 e. The number of aliphatic carboxylic acids is 1. The van der Waals surface area contributed by atoms with Gasteiger partial charge in [0.15, 0.2) is 0 Å². The van der Waals surface area contributed by atoms with E-state index in [-0.39, 0.29) is 12.5 Å². The number of carbonyl (C=O) groups excluding carboxylic acids is 2. The van der Waals surface area contributed by atoms with Gasteiger partial charge >= 0.3 is 18.2 Å². The number of amides is 2. The lowest BCUT2D eigenvalue weighted by molar-refractivity contribution is -0.145. The fraction of sp³-hybridized carbons (Fsp3) is 0.483. The summed E-state index contributed by atoms with van der Waals surface area (Å²) in [7, 11) is 0. The fourth-order valence-corrected chi connectivity index (χ4v) is 6.26.